The molecule has 1 saturated carbocycles. The Kier molecular flexibility index (Phi) is 11.8. The summed E-state index contributed by atoms with van der Waals surface area (Å²) in [5.41, 5.74) is 5.15. The lowest BCUT2D eigenvalue weighted by molar-refractivity contribution is -0.302. The van der Waals surface area contributed by atoms with E-state index in [0.717, 1.165) is 53.9 Å². The minimum absolute atomic E-state index is 0.00330. The van der Waals surface area contributed by atoms with Gasteiger partial charge in [-0.1, -0.05) is 45.9 Å². The molecule has 3 fully saturated rings. The van der Waals surface area contributed by atoms with Crippen LogP contribution in [-0.4, -0.2) is 103 Å². The molecule has 6 heterocycles. The number of para-hydroxylation sites is 1. The Morgan fingerprint density at radius 3 is 2.31 bits per heavy atom. The maximum absolute atomic E-state index is 12.9. The molecule has 3 aromatic heterocycles. The smallest absolute Gasteiger partial charge is 0.273 e. The van der Waals surface area contributed by atoms with Crippen molar-refractivity contribution in [3.8, 4) is 11.1 Å². The number of amides is 3. The van der Waals surface area contributed by atoms with Gasteiger partial charge in [0.1, 0.15) is 11.4 Å². The molecule has 0 spiro atoms. The summed E-state index contributed by atoms with van der Waals surface area (Å²) in [7, 11) is 3.49. The van der Waals surface area contributed by atoms with E-state index in [9.17, 15) is 24.6 Å². The highest BCUT2D eigenvalue weighted by molar-refractivity contribution is 6.01. The molecule has 3 aliphatic heterocycles. The number of benzene rings is 1. The fourth-order valence-corrected chi connectivity index (χ4v) is 7.06. The van der Waals surface area contributed by atoms with Crippen LogP contribution in [0.5, 0.6) is 0 Å². The molecule has 5 N–H and O–H groups in total. The van der Waals surface area contributed by atoms with Crippen LogP contribution in [0.15, 0.2) is 48.7 Å². The quantitative estimate of drug-likeness (QED) is 0.154. The van der Waals surface area contributed by atoms with Crippen LogP contribution in [0.4, 0.5) is 22.9 Å². The first-order valence-electron chi connectivity index (χ1n) is 19.2. The van der Waals surface area contributed by atoms with Crippen molar-refractivity contribution in [1.82, 2.24) is 40.1 Å². The molecule has 4 aliphatic rings. The van der Waals surface area contributed by atoms with Gasteiger partial charge in [-0.05, 0) is 43.9 Å². The van der Waals surface area contributed by atoms with Crippen LogP contribution in [0.1, 0.15) is 91.8 Å². The Hall–Kier alpha value is -5.45. The van der Waals surface area contributed by atoms with Crippen LogP contribution in [0, 0.1) is 5.92 Å². The lowest BCUT2D eigenvalue weighted by Gasteiger charge is -2.46. The van der Waals surface area contributed by atoms with Crippen molar-refractivity contribution in [3.05, 3.63) is 71.4 Å². The zero-order chi connectivity index (χ0) is 39.4. The molecule has 0 radical (unpaired) electrons. The summed E-state index contributed by atoms with van der Waals surface area (Å²) in [6, 6.07) is 12.1. The Labute approximate surface area is 320 Å². The van der Waals surface area contributed by atoms with E-state index < -0.39 is 11.8 Å². The fourth-order valence-electron chi connectivity index (χ4n) is 7.06. The molecular weight excluding hydrogens is 703 g/mol. The number of anilines is 4. The van der Waals surface area contributed by atoms with E-state index in [1.165, 1.54) is 18.0 Å². The molecule has 0 bridgehead atoms. The van der Waals surface area contributed by atoms with Crippen LogP contribution in [0.2, 0.25) is 0 Å². The van der Waals surface area contributed by atoms with Gasteiger partial charge in [0.05, 0.1) is 41.5 Å². The molecule has 8 rings (SSSR count). The number of carbonyl (C=O) groups excluding carboxylic acids is 3. The number of aromatic nitrogens is 5. The molecular formula is C39H51N11O5. The third-order valence-corrected chi connectivity index (χ3v) is 10.1. The van der Waals surface area contributed by atoms with E-state index in [1.807, 2.05) is 63.8 Å². The van der Waals surface area contributed by atoms with Crippen LogP contribution in [-0.2, 0) is 17.3 Å². The maximum Gasteiger partial charge on any atom is 0.273 e. The van der Waals surface area contributed by atoms with E-state index in [2.05, 4.69) is 36.0 Å². The number of pyridine rings is 1. The number of hydrogen-bond acceptors (Lipinski definition) is 12. The van der Waals surface area contributed by atoms with Crippen molar-refractivity contribution in [3.63, 3.8) is 0 Å². The van der Waals surface area contributed by atoms with Crippen LogP contribution < -0.4 is 20.9 Å². The third kappa shape index (κ3) is 7.74. The fraction of sp³-hybridized carbons (Fsp3) is 0.462. The largest absolute Gasteiger partial charge is 0.366 e. The first kappa shape index (κ1) is 39.2. The molecule has 1 aliphatic carbocycles. The number of nitrogens with zero attached hydrogens (tertiary/aromatic N) is 8. The topological polar surface area (TPSA) is 194 Å². The van der Waals surface area contributed by atoms with Crippen molar-refractivity contribution >= 4 is 40.6 Å². The van der Waals surface area contributed by atoms with Crippen molar-refractivity contribution in [2.45, 2.75) is 71.9 Å². The predicted octanol–water partition coefficient (Wildman–Crippen LogP) is 4.08. The zero-order valence-corrected chi connectivity index (χ0v) is 32.3. The Morgan fingerprint density at radius 2 is 1.62 bits per heavy atom. The number of hydrogen-bond donors (Lipinski definition) is 5. The summed E-state index contributed by atoms with van der Waals surface area (Å²) in [5, 5.41) is 44.1. The van der Waals surface area contributed by atoms with Crippen molar-refractivity contribution in [2.75, 3.05) is 55.8 Å². The highest BCUT2D eigenvalue weighted by atomic mass is 16.5. The molecule has 16 heteroatoms. The molecule has 16 nitrogen and oxygen atoms in total. The van der Waals surface area contributed by atoms with Gasteiger partial charge in [0, 0.05) is 63.4 Å². The summed E-state index contributed by atoms with van der Waals surface area (Å²) < 4.78 is 1.94. The molecule has 0 atom stereocenters. The Balaban J connectivity index is 0.00000125. The van der Waals surface area contributed by atoms with E-state index in [4.69, 9.17) is 5.10 Å². The Morgan fingerprint density at radius 1 is 0.909 bits per heavy atom. The lowest BCUT2D eigenvalue weighted by Crippen LogP contribution is -2.59. The van der Waals surface area contributed by atoms with Crippen molar-refractivity contribution in [2.24, 2.45) is 5.92 Å². The average Bonchev–Trinajstić information content (AvgIpc) is 3.75. The second kappa shape index (κ2) is 16.5. The van der Waals surface area contributed by atoms with Crippen molar-refractivity contribution < 1.29 is 24.6 Å². The highest BCUT2D eigenvalue weighted by Crippen LogP contribution is 2.45. The number of nitrogens with one attached hydrogen (secondary N) is 3. The standard InChI is InChI=1S/C35H39N11O5.2C2H6/c1-36-33(48)30-26(15-29(41-42-30)40-32(47)20-11-12-20)38-24-8-5-7-22-23-16-37-46(27(23)19-43(2)31(22)24)21-17-45(18-21)35(50,51)28-10-6-9-25(39-28)34(49)44-13-3-4-14-44;2*1-2/h5-10,15-16,20-21,50-51H,3-4,11-14,17-19H2,1-2H3,(H,36,48)(H2,38,40,41,47);2*1-2H3. The molecule has 0 unspecified atom stereocenters. The monoisotopic (exact) mass is 753 g/mol. The predicted molar refractivity (Wildman–Crippen MR) is 209 cm³/mol. The van der Waals surface area contributed by atoms with Gasteiger partial charge in [-0.2, -0.15) is 5.10 Å². The SMILES string of the molecule is CC.CC.CNC(=O)c1nnc(NC(=O)C2CC2)cc1Nc1cccc2c1N(C)Cc1c-2cnn1C1CN(C(O)(O)c2cccc(C(=O)N3CCCC3)n2)C1. The van der Waals surface area contributed by atoms with Gasteiger partial charge in [0.2, 0.25) is 5.91 Å². The minimum Gasteiger partial charge on any atom is -0.366 e. The summed E-state index contributed by atoms with van der Waals surface area (Å²) in [6.45, 7) is 10.5. The van der Waals surface area contributed by atoms with E-state index in [1.54, 1.807) is 23.1 Å². The highest BCUT2D eigenvalue weighted by Gasteiger charge is 2.46. The van der Waals surface area contributed by atoms with Crippen LogP contribution in [0.25, 0.3) is 11.1 Å². The first-order valence-corrected chi connectivity index (χ1v) is 19.2. The third-order valence-electron chi connectivity index (χ3n) is 10.1. The van der Waals surface area contributed by atoms with E-state index in [0.29, 0.717) is 38.4 Å². The van der Waals surface area contributed by atoms with E-state index >= 15 is 0 Å². The van der Waals surface area contributed by atoms with Gasteiger partial charge in [-0.15, -0.1) is 10.2 Å². The minimum atomic E-state index is -2.36. The maximum atomic E-state index is 12.9. The normalized spacial score (nSPS) is 16.4. The molecule has 3 amide bonds. The molecule has 55 heavy (non-hydrogen) atoms. The van der Waals surface area contributed by atoms with Gasteiger partial charge in [0.15, 0.2) is 11.5 Å². The molecule has 4 aromatic rings. The summed E-state index contributed by atoms with van der Waals surface area (Å²) >= 11 is 0. The van der Waals surface area contributed by atoms with Gasteiger partial charge < -0.3 is 36.0 Å². The molecule has 1 aromatic carbocycles. The van der Waals surface area contributed by atoms with E-state index in [-0.39, 0.29) is 46.7 Å². The molecule has 2 saturated heterocycles. The van der Waals surface area contributed by atoms with Gasteiger partial charge in [-0.25, -0.2) is 9.88 Å². The number of aliphatic hydroxyl groups is 2. The number of rotatable bonds is 9. The first-order chi connectivity index (χ1) is 26.6. The van der Waals surface area contributed by atoms with Gasteiger partial charge in [-0.3, -0.25) is 19.1 Å². The van der Waals surface area contributed by atoms with Crippen LogP contribution >= 0.6 is 0 Å². The van der Waals surface area contributed by atoms with Crippen molar-refractivity contribution in [1.29, 1.82) is 0 Å². The Bertz CT molecular complexity index is 2030. The van der Waals surface area contributed by atoms with Gasteiger partial charge in [0.25, 0.3) is 17.7 Å². The van der Waals surface area contributed by atoms with Crippen LogP contribution in [0.3, 0.4) is 0 Å². The summed E-state index contributed by atoms with van der Waals surface area (Å²) in [5.74, 6) is -2.86. The van der Waals surface area contributed by atoms with Gasteiger partial charge >= 0.3 is 0 Å². The number of carbonyl (C=O) groups is 3. The second-order valence-electron chi connectivity index (χ2n) is 13.6. The number of fused-ring (bicyclic) bond motifs is 3. The average molecular weight is 754 g/mol. The second-order valence-corrected chi connectivity index (χ2v) is 13.6. The zero-order valence-electron chi connectivity index (χ0n) is 32.3. The summed E-state index contributed by atoms with van der Waals surface area (Å²) in [4.78, 5) is 47.8. The molecule has 292 valence electrons. The summed E-state index contributed by atoms with van der Waals surface area (Å²) in [6.07, 6.45) is 5.42. The number of likely N-dealkylation sites (tertiary alicyclic amines) is 2. The lowest BCUT2D eigenvalue weighted by atomic mass is 9.97.